The van der Waals surface area contributed by atoms with E-state index in [1.807, 2.05) is 127 Å². The second-order valence-electron chi connectivity index (χ2n) is 24.8. The Morgan fingerprint density at radius 2 is 0.835 bits per heavy atom. The summed E-state index contributed by atoms with van der Waals surface area (Å²) >= 11 is 19.5. The summed E-state index contributed by atoms with van der Waals surface area (Å²) in [7, 11) is 0. The molecule has 19 heteroatoms. The number of hydrogen-bond acceptors (Lipinski definition) is 12. The molecule has 15 rings (SSSR count). The van der Waals surface area contributed by atoms with Crippen molar-refractivity contribution in [3.8, 4) is 0 Å². The molecule has 3 aromatic carbocycles. The van der Waals surface area contributed by atoms with Crippen LogP contribution in [0.25, 0.3) is 34.9 Å². The number of rotatable bonds is 15. The molecule has 9 aromatic rings. The average molecular weight is 1360 g/mol. The van der Waals surface area contributed by atoms with Crippen LogP contribution >= 0.6 is 34.8 Å². The van der Waals surface area contributed by atoms with Gasteiger partial charge in [0, 0.05) is 171 Å². The van der Waals surface area contributed by atoms with Crippen LogP contribution < -0.4 is 16.0 Å². The largest absolute Gasteiger partial charge is 0.337 e. The van der Waals surface area contributed by atoms with E-state index in [4.69, 9.17) is 49.8 Å². The fraction of sp³-hybridized carbons (Fsp3) is 0.385. The highest BCUT2D eigenvalue weighted by Crippen LogP contribution is 2.45. The van der Waals surface area contributed by atoms with Crippen molar-refractivity contribution >= 4 is 78.2 Å². The molecular weight excluding hydrogens is 1260 g/mol. The lowest BCUT2D eigenvalue weighted by Crippen LogP contribution is -2.45. The van der Waals surface area contributed by atoms with Gasteiger partial charge in [0.25, 0.3) is 0 Å². The Hall–Kier alpha value is -7.35. The number of nitrogens with one attached hydrogen (secondary N) is 3. The van der Waals surface area contributed by atoms with Crippen LogP contribution in [0.3, 0.4) is 0 Å². The Bertz CT molecular complexity index is 4060. The van der Waals surface area contributed by atoms with Crippen LogP contribution in [0.1, 0.15) is 163 Å². The quantitative estimate of drug-likeness (QED) is 0.0843. The maximum atomic E-state index is 6.50. The van der Waals surface area contributed by atoms with E-state index in [0.29, 0.717) is 0 Å². The fourth-order valence-electron chi connectivity index (χ4n) is 14.2. The molecule has 0 spiro atoms. The number of hydrogen-bond donors (Lipinski definition) is 3. The molecule has 3 aliphatic carbocycles. The summed E-state index contributed by atoms with van der Waals surface area (Å²) in [5.41, 5.74) is 21.1. The summed E-state index contributed by atoms with van der Waals surface area (Å²) in [6.07, 6.45) is 32.4. The highest BCUT2D eigenvalue weighted by molar-refractivity contribution is 6.31. The molecule has 3 unspecified atom stereocenters. The van der Waals surface area contributed by atoms with Crippen LogP contribution in [0, 0.1) is 13.8 Å². The van der Waals surface area contributed by atoms with Gasteiger partial charge >= 0.3 is 0 Å². The van der Waals surface area contributed by atoms with Crippen LogP contribution in [-0.2, 0) is 19.6 Å². The topological polar surface area (TPSA) is 138 Å². The van der Waals surface area contributed by atoms with Gasteiger partial charge in [-0.3, -0.25) is 29.7 Å². The molecule has 6 aliphatic rings. The third-order valence-electron chi connectivity index (χ3n) is 18.7. The number of imidazole rings is 3. The second kappa shape index (κ2) is 35.9. The minimum atomic E-state index is 0. The lowest BCUT2D eigenvalue weighted by molar-refractivity contribution is 0.195. The van der Waals surface area contributed by atoms with Gasteiger partial charge in [0.15, 0.2) is 0 Å². The van der Waals surface area contributed by atoms with Crippen LogP contribution in [0.2, 0.25) is 15.1 Å². The molecule has 505 valence electrons. The van der Waals surface area contributed by atoms with Gasteiger partial charge in [0.1, 0.15) is 0 Å². The maximum Gasteiger partial charge on any atom is 0.0949 e. The van der Waals surface area contributed by atoms with Crippen molar-refractivity contribution in [1.29, 1.82) is 0 Å². The minimum absolute atomic E-state index is 0. The molecule has 3 fully saturated rings. The van der Waals surface area contributed by atoms with Crippen molar-refractivity contribution in [1.82, 2.24) is 74.3 Å². The van der Waals surface area contributed by atoms with Gasteiger partial charge in [-0.15, -0.1) is 0 Å². The van der Waals surface area contributed by atoms with Crippen molar-refractivity contribution in [3.05, 3.63) is 247 Å². The Morgan fingerprint density at radius 3 is 1.19 bits per heavy atom. The molecule has 9 heterocycles. The molecule has 0 amide bonds. The number of benzene rings is 3. The number of aromatic nitrogens is 9. The molecule has 3 saturated heterocycles. The third-order valence-corrected chi connectivity index (χ3v) is 19.4. The van der Waals surface area contributed by atoms with Gasteiger partial charge in [-0.1, -0.05) is 98.9 Å². The molecule has 3 aliphatic heterocycles. The van der Waals surface area contributed by atoms with E-state index in [0.717, 1.165) is 175 Å². The van der Waals surface area contributed by atoms with Crippen LogP contribution in [0.4, 0.5) is 0 Å². The maximum absolute atomic E-state index is 6.50. The Kier molecular flexibility index (Phi) is 26.8. The SMILES string of the molecule is CC.CC.Cc1cn(CCCC2=Cc3cccnc3C(N3CCNCC3)c3ccc(Cl)cc32)cn1.Cc1cncn1CCCC1=Cc2cccnc2C(N2CCNCC2)c2ccc(Cl)cc21.Clc1ccc2c(c1)C(CCCn1ccnc1)=Cc1cccnc1C2N1CCNCC1.[B]. The molecule has 3 radical (unpaired) electrons. The highest BCUT2D eigenvalue weighted by Gasteiger charge is 2.35. The van der Waals surface area contributed by atoms with Crippen LogP contribution in [0.15, 0.2) is 153 Å². The normalized spacial score (nSPS) is 18.0. The molecular formula is C78H94BCl3N15. The minimum Gasteiger partial charge on any atom is -0.337 e. The smallest absolute Gasteiger partial charge is 0.0949 e. The first-order valence-electron chi connectivity index (χ1n) is 34.8. The van der Waals surface area contributed by atoms with Gasteiger partial charge in [-0.2, -0.15) is 0 Å². The van der Waals surface area contributed by atoms with E-state index in [2.05, 4.69) is 145 Å². The number of allylic oxidation sites excluding steroid dienone is 3. The summed E-state index contributed by atoms with van der Waals surface area (Å²) in [6, 6.07) is 32.3. The number of aryl methyl sites for hydroxylation is 5. The molecule has 97 heavy (non-hydrogen) atoms. The van der Waals surface area contributed by atoms with E-state index < -0.39 is 0 Å². The fourth-order valence-corrected chi connectivity index (χ4v) is 14.8. The van der Waals surface area contributed by atoms with Crippen molar-refractivity contribution in [2.45, 2.75) is 118 Å². The van der Waals surface area contributed by atoms with E-state index in [9.17, 15) is 0 Å². The first-order valence-corrected chi connectivity index (χ1v) is 35.9. The summed E-state index contributed by atoms with van der Waals surface area (Å²) in [5.74, 6) is 0. The summed E-state index contributed by atoms with van der Waals surface area (Å²) in [5, 5.41) is 12.8. The van der Waals surface area contributed by atoms with Gasteiger partial charge in [0.05, 0.1) is 59.9 Å². The molecule has 0 bridgehead atoms. The predicted molar refractivity (Wildman–Crippen MR) is 402 cm³/mol. The summed E-state index contributed by atoms with van der Waals surface area (Å²) in [4.78, 5) is 35.0. The second-order valence-corrected chi connectivity index (χ2v) is 26.1. The Morgan fingerprint density at radius 1 is 0.443 bits per heavy atom. The van der Waals surface area contributed by atoms with Gasteiger partial charge in [-0.05, 0) is 192 Å². The molecule has 3 N–H and O–H groups in total. The lowest BCUT2D eigenvalue weighted by atomic mass is 9.92. The van der Waals surface area contributed by atoms with Crippen LogP contribution in [0.5, 0.6) is 0 Å². The number of fused-ring (bicyclic) bond motifs is 6. The van der Waals surface area contributed by atoms with Gasteiger partial charge in [-0.25, -0.2) is 15.0 Å². The Labute approximate surface area is 592 Å². The van der Waals surface area contributed by atoms with Crippen molar-refractivity contribution < 1.29 is 0 Å². The van der Waals surface area contributed by atoms with Crippen molar-refractivity contribution in [3.63, 3.8) is 0 Å². The zero-order chi connectivity index (χ0) is 66.8. The molecule has 3 atom stereocenters. The molecule has 15 nitrogen and oxygen atoms in total. The number of piperazine rings is 3. The predicted octanol–water partition coefficient (Wildman–Crippen LogP) is 15.1. The van der Waals surface area contributed by atoms with E-state index in [1.54, 1.807) is 0 Å². The van der Waals surface area contributed by atoms with Crippen LogP contribution in [-0.4, -0.2) is 145 Å². The zero-order valence-electron chi connectivity index (χ0n) is 57.3. The zero-order valence-corrected chi connectivity index (χ0v) is 59.6. The average Bonchev–Trinajstić information content (AvgIpc) is 1.47. The number of halogens is 3. The monoisotopic (exact) mass is 1360 g/mol. The molecule has 6 aromatic heterocycles. The van der Waals surface area contributed by atoms with E-state index >= 15 is 0 Å². The highest BCUT2D eigenvalue weighted by atomic mass is 35.5. The number of nitrogens with zero attached hydrogens (tertiary/aromatic N) is 12. The first-order chi connectivity index (χ1) is 47.2. The first kappa shape index (κ1) is 72.4. The summed E-state index contributed by atoms with van der Waals surface area (Å²) in [6.45, 7) is 27.1. The Balaban J connectivity index is 0.000000153. The van der Waals surface area contributed by atoms with Crippen molar-refractivity contribution in [2.24, 2.45) is 0 Å². The standard InChI is InChI=1S/2C25H28ClN5.C24H26ClN5.2C2H6.B/c1-18-16-28-17-31(18)11-3-5-19-14-20-4-2-8-29-24(20)25(30-12-9-27-10-13-30)22-7-6-21(26)15-23(19)22;1-18-16-30(17-29-18)11-3-5-19-14-20-4-2-8-28-24(20)25(31-12-9-27-10-13-31)22-7-6-21(26)15-23(19)22;25-20-5-6-21-22(16-20)18(4-2-11-29-12-8-27-17-29)15-19-3-1-7-28-23(19)24(21)30-13-9-26-10-14-30;2*1-2;/h2*2,4,6-8,14-17,25,27H,3,5,9-13H2,1H3;1,3,5-8,12,15-17,24,26H,2,4,9-11,13-14H2;2*1-2H3;. The van der Waals surface area contributed by atoms with E-state index in [1.165, 1.54) is 72.5 Å². The van der Waals surface area contributed by atoms with E-state index in [-0.39, 0.29) is 26.5 Å². The van der Waals surface area contributed by atoms with Crippen molar-refractivity contribution in [2.75, 3.05) is 78.5 Å². The van der Waals surface area contributed by atoms with Gasteiger partial charge in [0.2, 0.25) is 0 Å². The van der Waals surface area contributed by atoms with Gasteiger partial charge < -0.3 is 29.7 Å². The number of pyridine rings is 3. The lowest BCUT2D eigenvalue weighted by Gasteiger charge is -2.35. The summed E-state index contributed by atoms with van der Waals surface area (Å²) < 4.78 is 6.52. The molecule has 0 saturated carbocycles. The third kappa shape index (κ3) is 17.9.